The van der Waals surface area contributed by atoms with E-state index < -0.39 is 0 Å². The molecule has 0 bridgehead atoms. The first-order valence-electron chi connectivity index (χ1n) is 7.29. The second-order valence-corrected chi connectivity index (χ2v) is 5.88. The van der Waals surface area contributed by atoms with E-state index in [0.29, 0.717) is 6.42 Å². The van der Waals surface area contributed by atoms with Crippen LogP contribution in [0.25, 0.3) is 0 Å². The van der Waals surface area contributed by atoms with Gasteiger partial charge in [0.25, 0.3) is 0 Å². The molecule has 1 N–H and O–H groups in total. The van der Waals surface area contributed by atoms with Gasteiger partial charge in [-0.25, -0.2) is 0 Å². The molecule has 0 aromatic carbocycles. The van der Waals surface area contributed by atoms with Gasteiger partial charge in [0.15, 0.2) is 0 Å². The van der Waals surface area contributed by atoms with Crippen molar-refractivity contribution in [3.63, 3.8) is 0 Å². The lowest BCUT2D eigenvalue weighted by Crippen LogP contribution is -2.24. The van der Waals surface area contributed by atoms with Gasteiger partial charge in [0.05, 0.1) is 0 Å². The zero-order chi connectivity index (χ0) is 13.1. The first-order chi connectivity index (χ1) is 8.02. The first-order valence-corrected chi connectivity index (χ1v) is 7.29. The van der Waals surface area contributed by atoms with Crippen LogP contribution in [0.15, 0.2) is 0 Å². The Kier molecular flexibility index (Phi) is 10.3. The molecule has 102 valence electrons. The molecular weight excluding hydrogens is 210 g/mol. The van der Waals surface area contributed by atoms with E-state index >= 15 is 0 Å². The number of unbranched alkanes of at least 4 members (excludes halogenated alkanes) is 2. The highest BCUT2D eigenvalue weighted by Crippen LogP contribution is 2.09. The Balaban J connectivity index is 3.23. The molecule has 0 radical (unpaired) electrons. The molecule has 0 heterocycles. The van der Waals surface area contributed by atoms with Crippen molar-refractivity contribution in [1.29, 1.82) is 0 Å². The molecule has 0 aromatic heterocycles. The molecule has 0 rings (SSSR count). The number of carbonyl (C=O) groups excluding carboxylic acids is 1. The second kappa shape index (κ2) is 10.6. The predicted molar refractivity (Wildman–Crippen MR) is 75.0 cm³/mol. The summed E-state index contributed by atoms with van der Waals surface area (Å²) in [6.45, 7) is 9.79. The van der Waals surface area contributed by atoms with Crippen LogP contribution in [0.1, 0.15) is 72.6 Å². The van der Waals surface area contributed by atoms with E-state index in [0.717, 1.165) is 31.2 Å². The number of hydrogen-bond acceptors (Lipinski definition) is 1. The standard InChI is InChI=1S/C15H31NO/c1-13(2)9-6-5-7-11-15(17)16-12-8-10-14(3)4/h13-14H,5-12H2,1-4H3,(H,16,17). The number of hydrogen-bond donors (Lipinski definition) is 1. The highest BCUT2D eigenvalue weighted by atomic mass is 16.1. The molecule has 0 saturated heterocycles. The van der Waals surface area contributed by atoms with Crippen LogP contribution in [0.3, 0.4) is 0 Å². The van der Waals surface area contributed by atoms with Crippen molar-refractivity contribution in [2.24, 2.45) is 11.8 Å². The van der Waals surface area contributed by atoms with E-state index in [2.05, 4.69) is 33.0 Å². The summed E-state index contributed by atoms with van der Waals surface area (Å²) in [4.78, 5) is 11.5. The highest BCUT2D eigenvalue weighted by Gasteiger charge is 2.01. The monoisotopic (exact) mass is 241 g/mol. The number of carbonyl (C=O) groups is 1. The van der Waals surface area contributed by atoms with Crippen LogP contribution in [0.5, 0.6) is 0 Å². The molecule has 0 saturated carbocycles. The minimum Gasteiger partial charge on any atom is -0.356 e. The van der Waals surface area contributed by atoms with Gasteiger partial charge < -0.3 is 5.32 Å². The fourth-order valence-electron chi connectivity index (χ4n) is 1.84. The molecule has 0 spiro atoms. The quantitative estimate of drug-likeness (QED) is 0.572. The van der Waals surface area contributed by atoms with Crippen LogP contribution < -0.4 is 5.32 Å². The van der Waals surface area contributed by atoms with E-state index in [1.165, 1.54) is 25.7 Å². The number of nitrogens with one attached hydrogen (secondary N) is 1. The third-order valence-electron chi connectivity index (χ3n) is 2.97. The number of amides is 1. The van der Waals surface area contributed by atoms with Crippen molar-refractivity contribution in [3.05, 3.63) is 0 Å². The lowest BCUT2D eigenvalue weighted by Gasteiger charge is -2.07. The molecule has 0 aliphatic rings. The van der Waals surface area contributed by atoms with Crippen molar-refractivity contribution < 1.29 is 4.79 Å². The molecule has 0 atom stereocenters. The van der Waals surface area contributed by atoms with Gasteiger partial charge in [-0.2, -0.15) is 0 Å². The third kappa shape index (κ3) is 13.4. The van der Waals surface area contributed by atoms with Crippen LogP contribution in [-0.4, -0.2) is 12.5 Å². The Morgan fingerprint density at radius 2 is 1.47 bits per heavy atom. The molecule has 2 heteroatoms. The van der Waals surface area contributed by atoms with Gasteiger partial charge in [0, 0.05) is 13.0 Å². The van der Waals surface area contributed by atoms with Crippen molar-refractivity contribution in [2.45, 2.75) is 72.6 Å². The maximum absolute atomic E-state index is 11.5. The van der Waals surface area contributed by atoms with Gasteiger partial charge in [-0.1, -0.05) is 47.0 Å². The van der Waals surface area contributed by atoms with Crippen molar-refractivity contribution in [2.75, 3.05) is 6.54 Å². The average Bonchev–Trinajstić information content (AvgIpc) is 2.23. The lowest BCUT2D eigenvalue weighted by molar-refractivity contribution is -0.121. The summed E-state index contributed by atoms with van der Waals surface area (Å²) in [6, 6.07) is 0. The Labute approximate surface area is 108 Å². The van der Waals surface area contributed by atoms with Gasteiger partial charge in [0.1, 0.15) is 0 Å². The van der Waals surface area contributed by atoms with E-state index in [4.69, 9.17) is 0 Å². The van der Waals surface area contributed by atoms with Crippen molar-refractivity contribution in [1.82, 2.24) is 5.32 Å². The lowest BCUT2D eigenvalue weighted by atomic mass is 10.0. The zero-order valence-corrected chi connectivity index (χ0v) is 12.2. The fraction of sp³-hybridized carbons (Fsp3) is 0.933. The van der Waals surface area contributed by atoms with E-state index in [9.17, 15) is 4.79 Å². The first kappa shape index (κ1) is 16.5. The fourth-order valence-corrected chi connectivity index (χ4v) is 1.84. The molecule has 1 amide bonds. The molecule has 0 aliphatic carbocycles. The van der Waals surface area contributed by atoms with Gasteiger partial charge in [-0.05, 0) is 31.1 Å². The van der Waals surface area contributed by atoms with Gasteiger partial charge in [-0.3, -0.25) is 4.79 Å². The Hall–Kier alpha value is -0.530. The summed E-state index contributed by atoms with van der Waals surface area (Å²) in [5.41, 5.74) is 0. The Morgan fingerprint density at radius 1 is 0.882 bits per heavy atom. The van der Waals surface area contributed by atoms with E-state index in [-0.39, 0.29) is 5.91 Å². The predicted octanol–water partition coefficient (Wildman–Crippen LogP) is 4.15. The molecule has 17 heavy (non-hydrogen) atoms. The summed E-state index contributed by atoms with van der Waals surface area (Å²) in [6.07, 6.45) is 7.81. The van der Waals surface area contributed by atoms with E-state index in [1.54, 1.807) is 0 Å². The summed E-state index contributed by atoms with van der Waals surface area (Å²) in [7, 11) is 0. The molecular formula is C15H31NO. The molecule has 2 nitrogen and oxygen atoms in total. The van der Waals surface area contributed by atoms with Crippen molar-refractivity contribution >= 4 is 5.91 Å². The molecule has 0 fully saturated rings. The maximum Gasteiger partial charge on any atom is 0.219 e. The number of rotatable bonds is 10. The minimum atomic E-state index is 0.235. The summed E-state index contributed by atoms with van der Waals surface area (Å²) in [5, 5.41) is 3.00. The summed E-state index contributed by atoms with van der Waals surface area (Å²) in [5.74, 6) is 1.76. The smallest absolute Gasteiger partial charge is 0.219 e. The molecule has 0 aromatic rings. The van der Waals surface area contributed by atoms with Gasteiger partial charge >= 0.3 is 0 Å². The SMILES string of the molecule is CC(C)CCCCCC(=O)NCCCC(C)C. The highest BCUT2D eigenvalue weighted by molar-refractivity contribution is 5.75. The Morgan fingerprint density at radius 3 is 2.06 bits per heavy atom. The molecule has 0 aliphatic heterocycles. The van der Waals surface area contributed by atoms with Gasteiger partial charge in [-0.15, -0.1) is 0 Å². The largest absolute Gasteiger partial charge is 0.356 e. The molecule has 0 unspecified atom stereocenters. The van der Waals surface area contributed by atoms with Crippen LogP contribution in [0.2, 0.25) is 0 Å². The zero-order valence-electron chi connectivity index (χ0n) is 12.2. The normalized spacial score (nSPS) is 11.2. The van der Waals surface area contributed by atoms with Crippen LogP contribution in [0.4, 0.5) is 0 Å². The van der Waals surface area contributed by atoms with Crippen LogP contribution >= 0.6 is 0 Å². The Bertz CT molecular complexity index is 187. The summed E-state index contributed by atoms with van der Waals surface area (Å²) >= 11 is 0. The van der Waals surface area contributed by atoms with Crippen molar-refractivity contribution in [3.8, 4) is 0 Å². The third-order valence-corrected chi connectivity index (χ3v) is 2.97. The maximum atomic E-state index is 11.5. The van der Waals surface area contributed by atoms with E-state index in [1.807, 2.05) is 0 Å². The average molecular weight is 241 g/mol. The minimum absolute atomic E-state index is 0.235. The second-order valence-electron chi connectivity index (χ2n) is 5.88. The van der Waals surface area contributed by atoms with Gasteiger partial charge in [0.2, 0.25) is 5.91 Å². The summed E-state index contributed by atoms with van der Waals surface area (Å²) < 4.78 is 0. The topological polar surface area (TPSA) is 29.1 Å². The van der Waals surface area contributed by atoms with Crippen LogP contribution in [-0.2, 0) is 4.79 Å². The van der Waals surface area contributed by atoms with Crippen LogP contribution in [0, 0.1) is 11.8 Å².